The second-order valence-corrected chi connectivity index (χ2v) is 6.13. The number of nitrogens with zero attached hydrogens (tertiary/aromatic N) is 2. The first kappa shape index (κ1) is 18.4. The average Bonchev–Trinajstić information content (AvgIpc) is 2.97. The summed E-state index contributed by atoms with van der Waals surface area (Å²) in [6, 6.07) is 11.7. The molecule has 1 N–H and O–H groups in total. The quantitative estimate of drug-likeness (QED) is 0.507. The van der Waals surface area contributed by atoms with Gasteiger partial charge in [0, 0.05) is 24.7 Å². The molecule has 8 nitrogen and oxygen atoms in total. The van der Waals surface area contributed by atoms with Gasteiger partial charge in [-0.05, 0) is 36.6 Å². The van der Waals surface area contributed by atoms with Gasteiger partial charge in [-0.3, -0.25) is 19.5 Å². The number of aryl methyl sites for hydroxylation is 2. The molecule has 0 aliphatic carbocycles. The average molecular weight is 369 g/mol. The zero-order valence-corrected chi connectivity index (χ0v) is 14.8. The van der Waals surface area contributed by atoms with E-state index in [-0.39, 0.29) is 30.1 Å². The first-order valence-electron chi connectivity index (χ1n) is 8.64. The van der Waals surface area contributed by atoms with Gasteiger partial charge in [0.15, 0.2) is 5.58 Å². The first-order chi connectivity index (χ1) is 13.0. The molecule has 0 fully saturated rings. The molecule has 27 heavy (non-hydrogen) atoms. The van der Waals surface area contributed by atoms with Crippen LogP contribution >= 0.6 is 0 Å². The predicted molar refractivity (Wildman–Crippen MR) is 101 cm³/mol. The zero-order valence-electron chi connectivity index (χ0n) is 14.8. The summed E-state index contributed by atoms with van der Waals surface area (Å²) in [4.78, 5) is 34.3. The maximum Gasteiger partial charge on any atom is 0.419 e. The lowest BCUT2D eigenvalue weighted by Gasteiger charge is -2.06. The highest BCUT2D eigenvalue weighted by atomic mass is 16.6. The van der Waals surface area contributed by atoms with Crippen molar-refractivity contribution < 1.29 is 14.1 Å². The summed E-state index contributed by atoms with van der Waals surface area (Å²) in [7, 11) is 0. The molecule has 0 aliphatic heterocycles. The molecule has 0 unspecified atom stereocenters. The molecular weight excluding hydrogens is 350 g/mol. The number of anilines is 1. The fraction of sp³-hybridized carbons (Fsp3) is 0.263. The molecule has 3 aromatic rings. The van der Waals surface area contributed by atoms with E-state index in [1.807, 2.05) is 24.3 Å². The Bertz CT molecular complexity index is 1030. The van der Waals surface area contributed by atoms with Crippen LogP contribution in [-0.2, 0) is 17.8 Å². The molecule has 0 radical (unpaired) electrons. The molecule has 0 spiro atoms. The van der Waals surface area contributed by atoms with Crippen molar-refractivity contribution in [2.45, 2.75) is 32.7 Å². The molecule has 3 rings (SSSR count). The summed E-state index contributed by atoms with van der Waals surface area (Å²) < 4.78 is 6.44. The highest BCUT2D eigenvalue weighted by molar-refractivity contribution is 5.90. The van der Waals surface area contributed by atoms with Crippen molar-refractivity contribution in [2.75, 3.05) is 5.32 Å². The molecule has 0 saturated carbocycles. The summed E-state index contributed by atoms with van der Waals surface area (Å²) in [5.41, 5.74) is 2.42. The molecular formula is C19H19N3O5. The van der Waals surface area contributed by atoms with Crippen LogP contribution in [0.3, 0.4) is 0 Å². The van der Waals surface area contributed by atoms with Gasteiger partial charge in [-0.25, -0.2) is 4.79 Å². The molecule has 0 saturated heterocycles. The Morgan fingerprint density at radius 1 is 1.22 bits per heavy atom. The Morgan fingerprint density at radius 3 is 2.63 bits per heavy atom. The summed E-state index contributed by atoms with van der Waals surface area (Å²) in [6.07, 6.45) is 1.61. The second-order valence-electron chi connectivity index (χ2n) is 6.13. The minimum absolute atomic E-state index is 0.142. The number of rotatable bonds is 7. The topological polar surface area (TPSA) is 107 Å². The van der Waals surface area contributed by atoms with Gasteiger partial charge in [-0.2, -0.15) is 0 Å². The van der Waals surface area contributed by atoms with Crippen molar-refractivity contribution in [1.82, 2.24) is 4.57 Å². The van der Waals surface area contributed by atoms with Crippen LogP contribution in [0.2, 0.25) is 0 Å². The SMILES string of the molecule is CCc1ccc(NC(=O)CCCn2c(=O)oc3cc([N+](=O)[O-])ccc32)cc1. The lowest BCUT2D eigenvalue weighted by Crippen LogP contribution is -2.17. The van der Waals surface area contributed by atoms with Gasteiger partial charge in [-0.15, -0.1) is 0 Å². The molecule has 0 bridgehead atoms. The Balaban J connectivity index is 1.61. The maximum atomic E-state index is 12.1. The maximum absolute atomic E-state index is 12.1. The van der Waals surface area contributed by atoms with Crippen LogP contribution in [0.15, 0.2) is 51.7 Å². The fourth-order valence-corrected chi connectivity index (χ4v) is 2.83. The smallest absolute Gasteiger partial charge is 0.407 e. The monoisotopic (exact) mass is 369 g/mol. The number of nitro benzene ring substituents is 1. The number of amides is 1. The van der Waals surface area contributed by atoms with E-state index < -0.39 is 10.7 Å². The molecule has 140 valence electrons. The minimum atomic E-state index is -0.596. The number of fused-ring (bicyclic) bond motifs is 1. The van der Waals surface area contributed by atoms with E-state index in [0.717, 1.165) is 12.1 Å². The minimum Gasteiger partial charge on any atom is -0.407 e. The van der Waals surface area contributed by atoms with E-state index in [1.54, 1.807) is 0 Å². The highest BCUT2D eigenvalue weighted by Crippen LogP contribution is 2.20. The molecule has 0 aliphatic rings. The van der Waals surface area contributed by atoms with E-state index in [9.17, 15) is 19.7 Å². The van der Waals surface area contributed by atoms with E-state index >= 15 is 0 Å². The van der Waals surface area contributed by atoms with Crippen LogP contribution in [0.25, 0.3) is 11.1 Å². The normalized spacial score (nSPS) is 10.9. The zero-order chi connectivity index (χ0) is 19.4. The third kappa shape index (κ3) is 4.22. The molecule has 0 atom stereocenters. The van der Waals surface area contributed by atoms with Gasteiger partial charge in [-0.1, -0.05) is 19.1 Å². The van der Waals surface area contributed by atoms with Crippen LogP contribution in [0, 0.1) is 10.1 Å². The lowest BCUT2D eigenvalue weighted by molar-refractivity contribution is -0.384. The van der Waals surface area contributed by atoms with Crippen LogP contribution in [0.1, 0.15) is 25.3 Å². The number of hydrogen-bond acceptors (Lipinski definition) is 5. The standard InChI is InChI=1S/C19H19N3O5/c1-2-13-5-7-14(8-6-13)20-18(23)4-3-11-21-16-10-9-15(22(25)26)12-17(16)27-19(21)24/h5-10,12H,2-4,11H2,1H3,(H,20,23). The van der Waals surface area contributed by atoms with Crippen molar-refractivity contribution in [1.29, 1.82) is 0 Å². The third-order valence-corrected chi connectivity index (χ3v) is 4.29. The van der Waals surface area contributed by atoms with Crippen LogP contribution in [0.5, 0.6) is 0 Å². The number of oxazole rings is 1. The largest absolute Gasteiger partial charge is 0.419 e. The summed E-state index contributed by atoms with van der Waals surface area (Å²) in [5, 5.41) is 13.6. The number of aromatic nitrogens is 1. The number of nitrogens with one attached hydrogen (secondary N) is 1. The van der Waals surface area contributed by atoms with Gasteiger partial charge in [0.1, 0.15) is 0 Å². The Kier molecular flexibility index (Phi) is 5.35. The third-order valence-electron chi connectivity index (χ3n) is 4.29. The second kappa shape index (κ2) is 7.86. The van der Waals surface area contributed by atoms with Gasteiger partial charge >= 0.3 is 5.76 Å². The first-order valence-corrected chi connectivity index (χ1v) is 8.64. The Labute approximate surface area is 154 Å². The lowest BCUT2D eigenvalue weighted by atomic mass is 10.1. The summed E-state index contributed by atoms with van der Waals surface area (Å²) >= 11 is 0. The van der Waals surface area contributed by atoms with Crippen LogP contribution < -0.4 is 11.1 Å². The van der Waals surface area contributed by atoms with Crippen molar-refractivity contribution in [3.8, 4) is 0 Å². The van der Waals surface area contributed by atoms with Crippen LogP contribution in [0.4, 0.5) is 11.4 Å². The Hall–Kier alpha value is -3.42. The Morgan fingerprint density at radius 2 is 1.96 bits per heavy atom. The van der Waals surface area contributed by atoms with Gasteiger partial charge in [0.25, 0.3) is 5.69 Å². The van der Waals surface area contributed by atoms with Crippen molar-refractivity contribution in [3.05, 3.63) is 68.7 Å². The summed E-state index contributed by atoms with van der Waals surface area (Å²) in [5.74, 6) is -0.739. The van der Waals surface area contributed by atoms with E-state index in [1.165, 1.54) is 28.3 Å². The fourth-order valence-electron chi connectivity index (χ4n) is 2.83. The number of hydrogen-bond donors (Lipinski definition) is 1. The van der Waals surface area contributed by atoms with Crippen molar-refractivity contribution >= 4 is 28.4 Å². The highest BCUT2D eigenvalue weighted by Gasteiger charge is 2.14. The number of benzene rings is 2. The number of non-ortho nitro benzene ring substituents is 1. The van der Waals surface area contributed by atoms with Gasteiger partial charge in [0.05, 0.1) is 16.5 Å². The summed E-state index contributed by atoms with van der Waals surface area (Å²) in [6.45, 7) is 2.35. The van der Waals surface area contributed by atoms with Gasteiger partial charge in [0.2, 0.25) is 5.91 Å². The van der Waals surface area contributed by atoms with Crippen molar-refractivity contribution in [2.24, 2.45) is 0 Å². The molecule has 1 amide bonds. The molecule has 1 aromatic heterocycles. The predicted octanol–water partition coefficient (Wildman–Crippen LogP) is 3.48. The number of carbonyl (C=O) groups is 1. The van der Waals surface area contributed by atoms with E-state index in [0.29, 0.717) is 11.9 Å². The number of carbonyl (C=O) groups excluding carboxylic acids is 1. The van der Waals surface area contributed by atoms with Crippen LogP contribution in [-0.4, -0.2) is 15.4 Å². The molecule has 8 heteroatoms. The van der Waals surface area contributed by atoms with Crippen molar-refractivity contribution in [3.63, 3.8) is 0 Å². The number of nitro groups is 1. The van der Waals surface area contributed by atoms with E-state index in [4.69, 9.17) is 4.42 Å². The molecule has 2 aromatic carbocycles. The molecule has 1 heterocycles. The van der Waals surface area contributed by atoms with Gasteiger partial charge < -0.3 is 9.73 Å². The van der Waals surface area contributed by atoms with E-state index in [2.05, 4.69) is 12.2 Å².